The van der Waals surface area contributed by atoms with E-state index in [0.29, 0.717) is 42.9 Å². The van der Waals surface area contributed by atoms with Gasteiger partial charge >= 0.3 is 0 Å². The van der Waals surface area contributed by atoms with Crippen molar-refractivity contribution in [2.24, 2.45) is 0 Å². The normalized spacial score (nSPS) is 15.5. The lowest BCUT2D eigenvalue weighted by atomic mass is 10.2. The maximum Gasteiger partial charge on any atom is 0.243 e. The first kappa shape index (κ1) is 21.5. The molecule has 33 heavy (non-hydrogen) atoms. The summed E-state index contributed by atoms with van der Waals surface area (Å²) in [4.78, 5) is 11.2. The molecule has 1 fully saturated rings. The van der Waals surface area contributed by atoms with Crippen molar-refractivity contribution < 1.29 is 8.42 Å². The van der Waals surface area contributed by atoms with Crippen molar-refractivity contribution in [3.8, 4) is 0 Å². The van der Waals surface area contributed by atoms with Crippen LogP contribution in [0.4, 0.5) is 11.5 Å². The summed E-state index contributed by atoms with van der Waals surface area (Å²) in [5.74, 6) is 0.580. The molecule has 1 aliphatic heterocycles. The second-order valence-corrected chi connectivity index (χ2v) is 10.00. The first-order valence-corrected chi connectivity index (χ1v) is 12.4. The summed E-state index contributed by atoms with van der Waals surface area (Å²) in [6.07, 6.45) is 1.48. The third kappa shape index (κ3) is 4.73. The first-order chi connectivity index (χ1) is 16.1. The molecule has 0 bridgehead atoms. The van der Waals surface area contributed by atoms with Gasteiger partial charge in [0, 0.05) is 43.8 Å². The average molecular weight is 460 g/mol. The van der Waals surface area contributed by atoms with Crippen molar-refractivity contribution in [1.29, 1.82) is 0 Å². The maximum absolute atomic E-state index is 13.4. The Hall–Kier alpha value is -3.33. The van der Waals surface area contributed by atoms with E-state index in [-0.39, 0.29) is 4.90 Å². The minimum atomic E-state index is -3.62. The van der Waals surface area contributed by atoms with Gasteiger partial charge in [0.15, 0.2) is 0 Å². The summed E-state index contributed by atoms with van der Waals surface area (Å²) in [5, 5.41) is 3.94. The number of nitrogens with zero attached hydrogens (tertiary/aromatic N) is 4. The summed E-state index contributed by atoms with van der Waals surface area (Å²) >= 11 is 0. The highest BCUT2D eigenvalue weighted by Crippen LogP contribution is 2.27. The van der Waals surface area contributed by atoms with Crippen molar-refractivity contribution in [3.05, 3.63) is 90.8 Å². The van der Waals surface area contributed by atoms with Crippen LogP contribution in [0.5, 0.6) is 0 Å². The van der Waals surface area contributed by atoms with Gasteiger partial charge < -0.3 is 5.32 Å². The van der Waals surface area contributed by atoms with Crippen LogP contribution < -0.4 is 5.32 Å². The zero-order chi connectivity index (χ0) is 22.7. The molecule has 168 valence electrons. The van der Waals surface area contributed by atoms with E-state index in [1.54, 1.807) is 22.5 Å². The summed E-state index contributed by atoms with van der Waals surface area (Å²) in [6, 6.07) is 25.0. The predicted molar refractivity (Wildman–Crippen MR) is 130 cm³/mol. The van der Waals surface area contributed by atoms with Crippen LogP contribution in [0.3, 0.4) is 0 Å². The Morgan fingerprint density at radius 3 is 2.24 bits per heavy atom. The van der Waals surface area contributed by atoms with Crippen molar-refractivity contribution in [2.45, 2.75) is 11.4 Å². The second kappa shape index (κ2) is 9.27. The average Bonchev–Trinajstić information content (AvgIpc) is 2.86. The van der Waals surface area contributed by atoms with E-state index in [1.165, 1.54) is 11.9 Å². The number of fused-ring (bicyclic) bond motifs is 1. The van der Waals surface area contributed by atoms with Gasteiger partial charge in [-0.3, -0.25) is 4.90 Å². The summed E-state index contributed by atoms with van der Waals surface area (Å²) < 4.78 is 28.4. The van der Waals surface area contributed by atoms with Crippen LogP contribution >= 0.6 is 0 Å². The lowest BCUT2D eigenvalue weighted by Gasteiger charge is -2.34. The van der Waals surface area contributed by atoms with Gasteiger partial charge in [-0.05, 0) is 35.9 Å². The van der Waals surface area contributed by atoms with Crippen LogP contribution in [-0.2, 0) is 16.6 Å². The minimum absolute atomic E-state index is 0.262. The molecule has 0 amide bonds. The zero-order valence-electron chi connectivity index (χ0n) is 18.1. The van der Waals surface area contributed by atoms with Crippen LogP contribution in [0.15, 0.2) is 90.1 Å². The first-order valence-electron chi connectivity index (χ1n) is 10.9. The highest BCUT2D eigenvalue weighted by molar-refractivity contribution is 7.89. The van der Waals surface area contributed by atoms with Gasteiger partial charge in [-0.25, -0.2) is 18.4 Å². The van der Waals surface area contributed by atoms with E-state index in [4.69, 9.17) is 0 Å². The smallest absolute Gasteiger partial charge is 0.243 e. The Morgan fingerprint density at radius 1 is 0.818 bits per heavy atom. The number of hydrogen-bond donors (Lipinski definition) is 1. The molecule has 4 aromatic rings. The number of anilines is 2. The molecule has 5 rings (SSSR count). The molecule has 3 aromatic carbocycles. The maximum atomic E-state index is 13.4. The molecule has 1 N–H and O–H groups in total. The third-order valence-electron chi connectivity index (χ3n) is 5.86. The number of piperazine rings is 1. The van der Waals surface area contributed by atoms with E-state index < -0.39 is 10.0 Å². The molecule has 1 aromatic heterocycles. The number of benzene rings is 3. The van der Waals surface area contributed by atoms with E-state index in [1.807, 2.05) is 48.5 Å². The van der Waals surface area contributed by atoms with Crippen LogP contribution in [0.2, 0.25) is 0 Å². The van der Waals surface area contributed by atoms with Gasteiger partial charge in [0.1, 0.15) is 12.1 Å². The molecule has 0 unspecified atom stereocenters. The number of nitrogens with one attached hydrogen (secondary N) is 1. The molecule has 0 aliphatic carbocycles. The lowest BCUT2D eigenvalue weighted by Crippen LogP contribution is -2.48. The molecular weight excluding hydrogens is 434 g/mol. The molecule has 0 radical (unpaired) electrons. The molecule has 8 heteroatoms. The largest absolute Gasteiger partial charge is 0.340 e. The molecule has 0 saturated carbocycles. The number of rotatable bonds is 6. The van der Waals surface area contributed by atoms with Gasteiger partial charge in [-0.2, -0.15) is 4.31 Å². The van der Waals surface area contributed by atoms with Crippen LogP contribution in [0, 0.1) is 0 Å². The fourth-order valence-electron chi connectivity index (χ4n) is 4.07. The highest BCUT2D eigenvalue weighted by Gasteiger charge is 2.29. The molecule has 2 heterocycles. The molecule has 0 spiro atoms. The number of hydrogen-bond acceptors (Lipinski definition) is 6. The zero-order valence-corrected chi connectivity index (χ0v) is 18.9. The van der Waals surface area contributed by atoms with E-state index in [0.717, 1.165) is 12.2 Å². The fourth-order valence-corrected chi connectivity index (χ4v) is 5.52. The van der Waals surface area contributed by atoms with Gasteiger partial charge in [-0.1, -0.05) is 48.5 Å². The van der Waals surface area contributed by atoms with Crippen LogP contribution in [0.25, 0.3) is 10.9 Å². The van der Waals surface area contributed by atoms with Crippen LogP contribution in [0.1, 0.15) is 5.56 Å². The fraction of sp³-hybridized carbons (Fsp3) is 0.200. The summed E-state index contributed by atoms with van der Waals surface area (Å²) in [6.45, 7) is 3.16. The van der Waals surface area contributed by atoms with Gasteiger partial charge in [0.2, 0.25) is 10.0 Å². The molecule has 7 nitrogen and oxygen atoms in total. The Labute approximate surface area is 193 Å². The topological polar surface area (TPSA) is 78.4 Å². The Morgan fingerprint density at radius 2 is 1.52 bits per heavy atom. The summed E-state index contributed by atoms with van der Waals surface area (Å²) in [5.41, 5.74) is 2.80. The van der Waals surface area contributed by atoms with Crippen molar-refractivity contribution in [2.75, 3.05) is 31.5 Å². The predicted octanol–water partition coefficient (Wildman–Crippen LogP) is 3.88. The van der Waals surface area contributed by atoms with E-state index >= 15 is 0 Å². The van der Waals surface area contributed by atoms with Gasteiger partial charge in [-0.15, -0.1) is 0 Å². The quantitative estimate of drug-likeness (QED) is 0.472. The Balaban J connectivity index is 1.35. The van der Waals surface area contributed by atoms with E-state index in [2.05, 4.69) is 32.3 Å². The molecule has 1 aliphatic rings. The van der Waals surface area contributed by atoms with Crippen molar-refractivity contribution >= 4 is 32.4 Å². The van der Waals surface area contributed by atoms with E-state index in [9.17, 15) is 8.42 Å². The molecule has 0 atom stereocenters. The van der Waals surface area contributed by atoms with Crippen molar-refractivity contribution in [3.63, 3.8) is 0 Å². The highest BCUT2D eigenvalue weighted by atomic mass is 32.2. The Bertz CT molecular complexity index is 1340. The second-order valence-electron chi connectivity index (χ2n) is 8.06. The molecular formula is C25H25N5O2S. The standard InChI is InChI=1S/C25H25N5O2S/c31-33(32,30-15-13-29(14-16-30)18-20-7-3-1-4-8-20)22-11-12-24-23(17-22)25(27-19-26-24)28-21-9-5-2-6-10-21/h1-12,17,19H,13-16,18H2,(H,26,27,28). The monoisotopic (exact) mass is 459 g/mol. The third-order valence-corrected chi connectivity index (χ3v) is 7.76. The van der Waals surface area contributed by atoms with Gasteiger partial charge in [0.05, 0.1) is 10.4 Å². The minimum Gasteiger partial charge on any atom is -0.340 e. The van der Waals surface area contributed by atoms with Crippen molar-refractivity contribution in [1.82, 2.24) is 19.2 Å². The molecule has 1 saturated heterocycles. The van der Waals surface area contributed by atoms with Gasteiger partial charge in [0.25, 0.3) is 0 Å². The Kier molecular flexibility index (Phi) is 6.04. The summed E-state index contributed by atoms with van der Waals surface area (Å²) in [7, 11) is -3.62. The number of aromatic nitrogens is 2. The number of sulfonamides is 1. The lowest BCUT2D eigenvalue weighted by molar-refractivity contribution is 0.181. The number of para-hydroxylation sites is 1. The SMILES string of the molecule is O=S(=O)(c1ccc2ncnc(Nc3ccccc3)c2c1)N1CCN(Cc2ccccc2)CC1. The van der Waals surface area contributed by atoms with Crippen LogP contribution in [-0.4, -0.2) is 53.8 Å².